The Hall–Kier alpha value is -2.85. The quantitative estimate of drug-likeness (QED) is 0.216. The molecule has 3 aromatic rings. The SMILES string of the molecule is COc1nc(N)nc2c1ncn2C(C)CC(COPOC(C)C(=O)OCc1ccccc1)OC. The molecular formula is C22H30N5O6P. The fourth-order valence-electron chi connectivity index (χ4n) is 3.23. The molecule has 1 aromatic carbocycles. The maximum absolute atomic E-state index is 12.1. The molecule has 0 spiro atoms. The van der Waals surface area contributed by atoms with Crippen LogP contribution in [0.1, 0.15) is 31.9 Å². The van der Waals surface area contributed by atoms with Crippen molar-refractivity contribution in [1.29, 1.82) is 0 Å². The molecule has 34 heavy (non-hydrogen) atoms. The molecule has 2 N–H and O–H groups in total. The Balaban J connectivity index is 1.44. The summed E-state index contributed by atoms with van der Waals surface area (Å²) in [5.41, 5.74) is 7.83. The molecule has 0 fully saturated rings. The molecule has 4 unspecified atom stereocenters. The van der Waals surface area contributed by atoms with Gasteiger partial charge in [0.1, 0.15) is 6.61 Å². The number of nitrogens with two attached hydrogens (primary N) is 1. The van der Waals surface area contributed by atoms with Crippen molar-refractivity contribution in [2.45, 2.75) is 45.1 Å². The van der Waals surface area contributed by atoms with Crippen molar-refractivity contribution >= 4 is 32.1 Å². The van der Waals surface area contributed by atoms with Gasteiger partial charge in [-0.05, 0) is 25.8 Å². The number of methoxy groups -OCH3 is 2. The van der Waals surface area contributed by atoms with Gasteiger partial charge < -0.3 is 33.6 Å². The number of benzene rings is 1. The fraction of sp³-hybridized carbons (Fsp3) is 0.455. The Bertz CT molecular complexity index is 1070. The molecule has 3 rings (SSSR count). The summed E-state index contributed by atoms with van der Waals surface area (Å²) in [4.78, 5) is 24.8. The van der Waals surface area contributed by atoms with E-state index in [1.54, 1.807) is 20.4 Å². The molecule has 0 amide bonds. The smallest absolute Gasteiger partial charge is 0.335 e. The summed E-state index contributed by atoms with van der Waals surface area (Å²) in [5, 5.41) is 0. The van der Waals surface area contributed by atoms with E-state index in [2.05, 4.69) is 15.0 Å². The van der Waals surface area contributed by atoms with Crippen LogP contribution in [0.2, 0.25) is 0 Å². The monoisotopic (exact) mass is 491 g/mol. The highest BCUT2D eigenvalue weighted by atomic mass is 31.1. The zero-order valence-electron chi connectivity index (χ0n) is 19.6. The molecule has 0 aliphatic rings. The summed E-state index contributed by atoms with van der Waals surface area (Å²) in [5.74, 6) is -0.00456. The Morgan fingerprint density at radius 2 is 1.94 bits per heavy atom. The average Bonchev–Trinajstić information content (AvgIpc) is 3.28. The molecule has 0 radical (unpaired) electrons. The number of fused-ring (bicyclic) bond motifs is 1. The molecule has 2 aromatic heterocycles. The Labute approximate surface area is 199 Å². The maximum atomic E-state index is 12.1. The normalized spacial score (nSPS) is 14.4. The van der Waals surface area contributed by atoms with Gasteiger partial charge in [0, 0.05) is 13.2 Å². The van der Waals surface area contributed by atoms with E-state index in [0.29, 0.717) is 23.5 Å². The lowest BCUT2D eigenvalue weighted by Gasteiger charge is -2.21. The lowest BCUT2D eigenvalue weighted by molar-refractivity contribution is -0.152. The Kier molecular flexibility index (Phi) is 9.52. The molecule has 2 heterocycles. The number of carbonyl (C=O) groups is 1. The van der Waals surface area contributed by atoms with Crippen LogP contribution in [0.4, 0.5) is 5.95 Å². The maximum Gasteiger partial charge on any atom is 0.335 e. The van der Waals surface area contributed by atoms with Crippen molar-refractivity contribution in [3.05, 3.63) is 42.2 Å². The van der Waals surface area contributed by atoms with Crippen LogP contribution in [0.3, 0.4) is 0 Å². The third-order valence-corrected chi connectivity index (χ3v) is 5.86. The number of nitrogens with zero attached hydrogens (tertiary/aromatic N) is 4. The Morgan fingerprint density at radius 3 is 2.65 bits per heavy atom. The van der Waals surface area contributed by atoms with Gasteiger partial charge in [-0.15, -0.1) is 0 Å². The molecule has 0 saturated heterocycles. The lowest BCUT2D eigenvalue weighted by atomic mass is 10.1. The van der Waals surface area contributed by atoms with Gasteiger partial charge in [-0.1, -0.05) is 30.3 Å². The second kappa shape index (κ2) is 12.6. The fourth-order valence-corrected chi connectivity index (χ4v) is 3.79. The first-order valence-electron chi connectivity index (χ1n) is 10.7. The van der Waals surface area contributed by atoms with E-state index in [1.165, 1.54) is 7.11 Å². The summed E-state index contributed by atoms with van der Waals surface area (Å²) in [6, 6.07) is 9.44. The minimum Gasteiger partial charge on any atom is -0.479 e. The van der Waals surface area contributed by atoms with Crippen molar-refractivity contribution in [3.63, 3.8) is 0 Å². The van der Waals surface area contributed by atoms with Crippen molar-refractivity contribution in [2.75, 3.05) is 26.6 Å². The molecule has 0 aliphatic heterocycles. The van der Waals surface area contributed by atoms with Crippen molar-refractivity contribution < 1.29 is 28.1 Å². The molecule has 4 atom stereocenters. The number of hydrogen-bond acceptors (Lipinski definition) is 10. The van der Waals surface area contributed by atoms with Gasteiger partial charge in [-0.25, -0.2) is 9.78 Å². The van der Waals surface area contributed by atoms with Gasteiger partial charge in [0.15, 0.2) is 26.3 Å². The van der Waals surface area contributed by atoms with E-state index in [0.717, 1.165) is 5.56 Å². The Morgan fingerprint density at radius 1 is 1.18 bits per heavy atom. The van der Waals surface area contributed by atoms with Gasteiger partial charge in [-0.3, -0.25) is 0 Å². The summed E-state index contributed by atoms with van der Waals surface area (Å²) >= 11 is 0. The van der Waals surface area contributed by atoms with E-state index < -0.39 is 12.1 Å². The first-order chi connectivity index (χ1) is 16.4. The second-order valence-corrected chi connectivity index (χ2v) is 8.30. The number of imidazole rings is 1. The third-order valence-electron chi connectivity index (χ3n) is 5.12. The first kappa shape index (κ1) is 25.8. The zero-order chi connectivity index (χ0) is 24.5. The van der Waals surface area contributed by atoms with Crippen LogP contribution < -0.4 is 10.5 Å². The van der Waals surface area contributed by atoms with Crippen LogP contribution in [-0.2, 0) is 29.9 Å². The predicted molar refractivity (Wildman–Crippen MR) is 127 cm³/mol. The van der Waals surface area contributed by atoms with Crippen LogP contribution in [0.5, 0.6) is 5.88 Å². The minimum absolute atomic E-state index is 0.0197. The highest BCUT2D eigenvalue weighted by Crippen LogP contribution is 2.27. The predicted octanol–water partition coefficient (Wildman–Crippen LogP) is 3.06. The standard InChI is InChI=1S/C22H30N5O6P/c1-14(27-13-24-18-19(27)25-22(23)26-20(18)30-4)10-17(29-3)12-32-34-33-15(2)21(28)31-11-16-8-6-5-7-9-16/h5-9,13-15,17,34H,10-12H2,1-4H3,(H2,23,25,26). The molecule has 11 nitrogen and oxygen atoms in total. The van der Waals surface area contributed by atoms with E-state index in [-0.39, 0.29) is 40.3 Å². The van der Waals surface area contributed by atoms with Crippen LogP contribution in [0, 0.1) is 0 Å². The lowest BCUT2D eigenvalue weighted by Crippen LogP contribution is -2.23. The first-order valence-corrected chi connectivity index (χ1v) is 11.5. The molecule has 0 aliphatic carbocycles. The summed E-state index contributed by atoms with van der Waals surface area (Å²) in [7, 11) is 2.79. The van der Waals surface area contributed by atoms with Gasteiger partial charge in [-0.2, -0.15) is 9.97 Å². The van der Waals surface area contributed by atoms with Crippen LogP contribution in [0.25, 0.3) is 11.2 Å². The van der Waals surface area contributed by atoms with Gasteiger partial charge in [0.2, 0.25) is 11.8 Å². The number of carbonyl (C=O) groups excluding carboxylic acids is 1. The summed E-state index contributed by atoms with van der Waals surface area (Å²) in [6.07, 6.45) is 1.34. The number of ether oxygens (including phenoxy) is 3. The zero-order valence-corrected chi connectivity index (χ0v) is 20.6. The summed E-state index contributed by atoms with van der Waals surface area (Å²) < 4.78 is 29.1. The van der Waals surface area contributed by atoms with Crippen LogP contribution >= 0.6 is 9.03 Å². The van der Waals surface area contributed by atoms with E-state index in [9.17, 15) is 4.79 Å². The van der Waals surface area contributed by atoms with Gasteiger partial charge >= 0.3 is 5.97 Å². The van der Waals surface area contributed by atoms with Crippen molar-refractivity contribution in [1.82, 2.24) is 19.5 Å². The molecule has 0 bridgehead atoms. The second-order valence-electron chi connectivity index (χ2n) is 7.61. The number of rotatable bonds is 13. The third kappa shape index (κ3) is 6.83. The number of esters is 1. The van der Waals surface area contributed by atoms with Gasteiger partial charge in [0.05, 0.1) is 26.1 Å². The van der Waals surface area contributed by atoms with Crippen molar-refractivity contribution in [2.24, 2.45) is 0 Å². The van der Waals surface area contributed by atoms with Gasteiger partial charge in [0.25, 0.3) is 0 Å². The van der Waals surface area contributed by atoms with E-state index >= 15 is 0 Å². The number of aromatic nitrogens is 4. The minimum atomic E-state index is -0.737. The molecule has 12 heteroatoms. The average molecular weight is 491 g/mol. The molecular weight excluding hydrogens is 461 g/mol. The number of hydrogen-bond donors (Lipinski definition) is 1. The highest BCUT2D eigenvalue weighted by Gasteiger charge is 2.20. The topological polar surface area (TPSA) is 133 Å². The van der Waals surface area contributed by atoms with Crippen molar-refractivity contribution in [3.8, 4) is 5.88 Å². The number of nitrogen functional groups attached to an aromatic ring is 1. The van der Waals surface area contributed by atoms with E-state index in [4.69, 9.17) is 29.0 Å². The van der Waals surface area contributed by atoms with Crippen LogP contribution in [-0.4, -0.2) is 58.5 Å². The van der Waals surface area contributed by atoms with E-state index in [1.807, 2.05) is 41.8 Å². The molecule has 184 valence electrons. The summed E-state index contributed by atoms with van der Waals surface area (Å²) in [6.45, 7) is 4.14. The molecule has 0 saturated carbocycles. The number of anilines is 1. The van der Waals surface area contributed by atoms with Crippen LogP contribution in [0.15, 0.2) is 36.7 Å². The highest BCUT2D eigenvalue weighted by molar-refractivity contribution is 7.26. The largest absolute Gasteiger partial charge is 0.479 e.